The van der Waals surface area contributed by atoms with Gasteiger partial charge in [0.05, 0.1) is 0 Å². The highest BCUT2D eigenvalue weighted by Gasteiger charge is 2.10. The van der Waals surface area contributed by atoms with Crippen LogP contribution >= 0.6 is 15.9 Å². The second-order valence-corrected chi connectivity index (χ2v) is 6.10. The molecule has 1 N–H and O–H groups in total. The molecule has 1 aromatic heterocycles. The maximum atomic E-state index is 5.92. The van der Waals surface area contributed by atoms with Crippen LogP contribution in [0.2, 0.25) is 0 Å². The Balaban J connectivity index is 2.18. The topological polar surface area (TPSA) is 47.0 Å². The second kappa shape index (κ2) is 6.89. The van der Waals surface area contributed by atoms with E-state index in [0.717, 1.165) is 21.7 Å². The van der Waals surface area contributed by atoms with Gasteiger partial charge in [-0.1, -0.05) is 29.8 Å². The van der Waals surface area contributed by atoms with E-state index >= 15 is 0 Å². The minimum atomic E-state index is 0.359. The third-order valence-electron chi connectivity index (χ3n) is 3.11. The maximum Gasteiger partial charge on any atom is 0.168 e. The van der Waals surface area contributed by atoms with E-state index in [1.807, 2.05) is 32.2 Å². The lowest BCUT2D eigenvalue weighted by Gasteiger charge is -2.14. The molecule has 0 amide bonds. The van der Waals surface area contributed by atoms with E-state index in [2.05, 4.69) is 51.1 Å². The number of aromatic nitrogens is 2. The Morgan fingerprint density at radius 1 is 1.24 bits per heavy atom. The molecule has 1 aromatic carbocycles. The molecule has 21 heavy (non-hydrogen) atoms. The molecule has 0 saturated heterocycles. The van der Waals surface area contributed by atoms with Gasteiger partial charge in [0.15, 0.2) is 5.82 Å². The van der Waals surface area contributed by atoms with Crippen molar-refractivity contribution in [2.75, 3.05) is 12.4 Å². The van der Waals surface area contributed by atoms with Crippen molar-refractivity contribution >= 4 is 21.7 Å². The summed E-state index contributed by atoms with van der Waals surface area (Å²) in [7, 11) is 1.85. The minimum absolute atomic E-state index is 0.359. The molecular formula is C16H20BrN3O. The molecule has 0 fully saturated rings. The number of hydrogen-bond acceptors (Lipinski definition) is 4. The van der Waals surface area contributed by atoms with Gasteiger partial charge in [-0.15, -0.1) is 0 Å². The zero-order valence-electron chi connectivity index (χ0n) is 12.8. The monoisotopic (exact) mass is 349 g/mol. The quantitative estimate of drug-likeness (QED) is 0.874. The number of nitrogens with zero attached hydrogens (tertiary/aromatic N) is 2. The van der Waals surface area contributed by atoms with E-state index in [0.29, 0.717) is 18.3 Å². The number of halogens is 1. The third-order valence-corrected chi connectivity index (χ3v) is 3.60. The molecule has 0 bridgehead atoms. The van der Waals surface area contributed by atoms with Crippen LogP contribution in [0.3, 0.4) is 0 Å². The molecule has 4 nitrogen and oxygen atoms in total. The normalized spacial score (nSPS) is 10.8. The number of nitrogens with one attached hydrogen (secondary N) is 1. The van der Waals surface area contributed by atoms with Crippen molar-refractivity contribution in [3.05, 3.63) is 45.8 Å². The predicted octanol–water partition coefficient (Wildman–Crippen LogP) is 4.29. The second-order valence-electron chi connectivity index (χ2n) is 5.19. The molecule has 0 unspecified atom stereocenters. The fourth-order valence-corrected chi connectivity index (χ4v) is 2.45. The van der Waals surface area contributed by atoms with Crippen LogP contribution in [0.15, 0.2) is 28.7 Å². The van der Waals surface area contributed by atoms with Crippen molar-refractivity contribution in [3.8, 4) is 5.75 Å². The molecule has 0 aliphatic heterocycles. The molecule has 5 heteroatoms. The van der Waals surface area contributed by atoms with Gasteiger partial charge in [0.25, 0.3) is 0 Å². The summed E-state index contributed by atoms with van der Waals surface area (Å²) in [6, 6.07) is 7.96. The number of benzene rings is 1. The first-order valence-electron chi connectivity index (χ1n) is 6.94. The van der Waals surface area contributed by atoms with Gasteiger partial charge in [-0.2, -0.15) is 0 Å². The molecular weight excluding hydrogens is 330 g/mol. The molecule has 1 heterocycles. The minimum Gasteiger partial charge on any atom is -0.485 e. The summed E-state index contributed by atoms with van der Waals surface area (Å²) in [6.07, 6.45) is 0. The smallest absolute Gasteiger partial charge is 0.168 e. The van der Waals surface area contributed by atoms with Crippen LogP contribution in [-0.2, 0) is 6.61 Å². The van der Waals surface area contributed by atoms with E-state index in [-0.39, 0.29) is 0 Å². The van der Waals surface area contributed by atoms with Crippen molar-refractivity contribution in [1.82, 2.24) is 9.97 Å². The van der Waals surface area contributed by atoms with Crippen molar-refractivity contribution in [3.63, 3.8) is 0 Å². The molecule has 0 saturated carbocycles. The SMILES string of the molecule is CNc1cc(C)nc(COc2ccc(Br)cc2C(C)C)n1. The van der Waals surface area contributed by atoms with Crippen LogP contribution in [0.25, 0.3) is 0 Å². The third kappa shape index (κ3) is 4.17. The van der Waals surface area contributed by atoms with Gasteiger partial charge in [-0.3, -0.25) is 0 Å². The Kier molecular flexibility index (Phi) is 5.17. The van der Waals surface area contributed by atoms with Gasteiger partial charge in [-0.25, -0.2) is 9.97 Å². The van der Waals surface area contributed by atoms with Gasteiger partial charge in [-0.05, 0) is 36.6 Å². The van der Waals surface area contributed by atoms with Crippen molar-refractivity contribution in [2.24, 2.45) is 0 Å². The molecule has 0 radical (unpaired) electrons. The average molecular weight is 350 g/mol. The summed E-state index contributed by atoms with van der Waals surface area (Å²) in [5.41, 5.74) is 2.10. The Morgan fingerprint density at radius 2 is 2.00 bits per heavy atom. The zero-order chi connectivity index (χ0) is 15.4. The molecule has 0 aliphatic carbocycles. The van der Waals surface area contributed by atoms with Crippen molar-refractivity contribution in [1.29, 1.82) is 0 Å². The first-order chi connectivity index (χ1) is 9.99. The highest BCUT2D eigenvalue weighted by Crippen LogP contribution is 2.30. The largest absolute Gasteiger partial charge is 0.485 e. The van der Waals surface area contributed by atoms with Gasteiger partial charge in [0.2, 0.25) is 0 Å². The summed E-state index contributed by atoms with van der Waals surface area (Å²) in [5, 5.41) is 3.03. The lowest BCUT2D eigenvalue weighted by atomic mass is 10.0. The predicted molar refractivity (Wildman–Crippen MR) is 88.9 cm³/mol. The van der Waals surface area contributed by atoms with Gasteiger partial charge < -0.3 is 10.1 Å². The number of aryl methyl sites for hydroxylation is 1. The lowest BCUT2D eigenvalue weighted by molar-refractivity contribution is 0.291. The Bertz CT molecular complexity index is 629. The molecule has 112 valence electrons. The van der Waals surface area contributed by atoms with Crippen LogP contribution in [0.4, 0.5) is 5.82 Å². The Hall–Kier alpha value is -1.62. The molecule has 0 atom stereocenters. The Morgan fingerprint density at radius 3 is 2.67 bits per heavy atom. The van der Waals surface area contributed by atoms with Gasteiger partial charge in [0, 0.05) is 23.3 Å². The van der Waals surface area contributed by atoms with Crippen LogP contribution in [0.5, 0.6) is 5.75 Å². The average Bonchev–Trinajstić information content (AvgIpc) is 2.45. The fraction of sp³-hybridized carbons (Fsp3) is 0.375. The van der Waals surface area contributed by atoms with Crippen LogP contribution in [-0.4, -0.2) is 17.0 Å². The first-order valence-corrected chi connectivity index (χ1v) is 7.73. The molecule has 0 aliphatic rings. The van der Waals surface area contributed by atoms with E-state index in [4.69, 9.17) is 4.74 Å². The Labute approximate surface area is 134 Å². The van der Waals surface area contributed by atoms with Gasteiger partial charge in [0.1, 0.15) is 18.2 Å². The summed E-state index contributed by atoms with van der Waals surface area (Å²) in [5.74, 6) is 2.76. The molecule has 0 spiro atoms. The summed E-state index contributed by atoms with van der Waals surface area (Å²) in [4.78, 5) is 8.81. The van der Waals surface area contributed by atoms with Crippen molar-refractivity contribution < 1.29 is 4.74 Å². The maximum absolute atomic E-state index is 5.92. The van der Waals surface area contributed by atoms with E-state index < -0.39 is 0 Å². The van der Waals surface area contributed by atoms with Crippen LogP contribution in [0.1, 0.15) is 36.8 Å². The highest BCUT2D eigenvalue weighted by molar-refractivity contribution is 9.10. The van der Waals surface area contributed by atoms with E-state index in [1.54, 1.807) is 0 Å². The zero-order valence-corrected chi connectivity index (χ0v) is 14.4. The molecule has 2 rings (SSSR count). The number of hydrogen-bond donors (Lipinski definition) is 1. The first kappa shape index (κ1) is 15.8. The number of anilines is 1. The summed E-state index contributed by atoms with van der Waals surface area (Å²) >= 11 is 3.50. The lowest BCUT2D eigenvalue weighted by Crippen LogP contribution is -2.06. The standard InChI is InChI=1S/C16H20BrN3O/c1-10(2)13-8-12(17)5-6-14(13)21-9-16-19-11(3)7-15(18-4)20-16/h5-8,10H,9H2,1-4H3,(H,18,19,20). The fourth-order valence-electron chi connectivity index (χ4n) is 2.07. The summed E-state index contributed by atoms with van der Waals surface area (Å²) < 4.78 is 6.98. The van der Waals surface area contributed by atoms with Crippen molar-refractivity contribution in [2.45, 2.75) is 33.3 Å². The molecule has 2 aromatic rings. The van der Waals surface area contributed by atoms with Crippen LogP contribution in [0, 0.1) is 6.92 Å². The highest BCUT2D eigenvalue weighted by atomic mass is 79.9. The van der Waals surface area contributed by atoms with Crippen LogP contribution < -0.4 is 10.1 Å². The summed E-state index contributed by atoms with van der Waals surface area (Å²) in [6.45, 7) is 6.61. The van der Waals surface area contributed by atoms with Gasteiger partial charge >= 0.3 is 0 Å². The number of rotatable bonds is 5. The van der Waals surface area contributed by atoms with E-state index in [9.17, 15) is 0 Å². The number of ether oxygens (including phenoxy) is 1. The van der Waals surface area contributed by atoms with E-state index in [1.165, 1.54) is 5.56 Å².